The standard InChI is InChI=1S/C15H15N5S/c16-11-7-4-8-13-14(11)18-15(21-13)12-9-17-20(19-12)10-5-2-1-3-6-10/h1-3,5-6,9,11H,4,7-8,16H2. The molecule has 4 rings (SSSR count). The molecule has 1 aliphatic rings. The fourth-order valence-corrected chi connectivity index (χ4v) is 3.73. The van der Waals surface area contributed by atoms with Crippen molar-refractivity contribution in [2.75, 3.05) is 0 Å². The van der Waals surface area contributed by atoms with Crippen molar-refractivity contribution < 1.29 is 0 Å². The molecule has 5 nitrogen and oxygen atoms in total. The molecule has 0 fully saturated rings. The molecule has 21 heavy (non-hydrogen) atoms. The van der Waals surface area contributed by atoms with Crippen molar-refractivity contribution in [1.82, 2.24) is 20.0 Å². The van der Waals surface area contributed by atoms with E-state index in [1.165, 1.54) is 4.88 Å². The van der Waals surface area contributed by atoms with Crippen molar-refractivity contribution in [3.63, 3.8) is 0 Å². The highest BCUT2D eigenvalue weighted by molar-refractivity contribution is 7.15. The summed E-state index contributed by atoms with van der Waals surface area (Å²) in [7, 11) is 0. The molecule has 1 aromatic carbocycles. The molecule has 0 bridgehead atoms. The number of aromatic nitrogens is 4. The Bertz CT molecular complexity index is 761. The number of benzene rings is 1. The van der Waals surface area contributed by atoms with E-state index in [2.05, 4.69) is 15.2 Å². The lowest BCUT2D eigenvalue weighted by Crippen LogP contribution is -2.16. The smallest absolute Gasteiger partial charge is 0.146 e. The van der Waals surface area contributed by atoms with E-state index in [0.717, 1.165) is 41.3 Å². The van der Waals surface area contributed by atoms with E-state index < -0.39 is 0 Å². The third-order valence-corrected chi connectivity index (χ3v) is 4.85. The molecule has 0 saturated heterocycles. The topological polar surface area (TPSA) is 69.6 Å². The molecule has 0 aliphatic heterocycles. The van der Waals surface area contributed by atoms with Gasteiger partial charge in [0.1, 0.15) is 10.7 Å². The number of thiazole rings is 1. The summed E-state index contributed by atoms with van der Waals surface area (Å²) >= 11 is 1.69. The van der Waals surface area contributed by atoms with Gasteiger partial charge in [0.25, 0.3) is 0 Å². The van der Waals surface area contributed by atoms with Crippen LogP contribution in [0, 0.1) is 0 Å². The first kappa shape index (κ1) is 12.7. The predicted octanol–water partition coefficient (Wildman–Crippen LogP) is 2.73. The van der Waals surface area contributed by atoms with Crippen LogP contribution in [-0.4, -0.2) is 20.0 Å². The van der Waals surface area contributed by atoms with Gasteiger partial charge in [-0.2, -0.15) is 9.90 Å². The molecule has 0 saturated carbocycles. The zero-order chi connectivity index (χ0) is 14.2. The van der Waals surface area contributed by atoms with E-state index in [1.807, 2.05) is 30.3 Å². The lowest BCUT2D eigenvalue weighted by atomic mass is 9.99. The molecular weight excluding hydrogens is 282 g/mol. The third kappa shape index (κ3) is 2.26. The van der Waals surface area contributed by atoms with Gasteiger partial charge in [-0.1, -0.05) is 18.2 Å². The first-order valence-electron chi connectivity index (χ1n) is 7.04. The molecule has 2 heterocycles. The maximum Gasteiger partial charge on any atom is 0.146 e. The van der Waals surface area contributed by atoms with Gasteiger partial charge in [-0.25, -0.2) is 4.98 Å². The number of hydrogen-bond acceptors (Lipinski definition) is 5. The Morgan fingerprint density at radius 1 is 1.24 bits per heavy atom. The lowest BCUT2D eigenvalue weighted by Gasteiger charge is -2.15. The molecule has 0 amide bonds. The summed E-state index contributed by atoms with van der Waals surface area (Å²) in [4.78, 5) is 7.63. The monoisotopic (exact) mass is 297 g/mol. The SMILES string of the molecule is NC1CCCc2sc(-c3cnn(-c4ccccc4)n3)nc21. The maximum atomic E-state index is 6.14. The van der Waals surface area contributed by atoms with E-state index in [0.29, 0.717) is 0 Å². The summed E-state index contributed by atoms with van der Waals surface area (Å²) in [5, 5.41) is 9.78. The van der Waals surface area contributed by atoms with Gasteiger partial charge < -0.3 is 5.73 Å². The van der Waals surface area contributed by atoms with Crippen molar-refractivity contribution in [2.45, 2.75) is 25.3 Å². The normalized spacial score (nSPS) is 17.7. The van der Waals surface area contributed by atoms with Crippen LogP contribution in [0.4, 0.5) is 0 Å². The van der Waals surface area contributed by atoms with Gasteiger partial charge in [-0.15, -0.1) is 16.4 Å². The Kier molecular flexibility index (Phi) is 3.05. The van der Waals surface area contributed by atoms with Crippen LogP contribution in [0.2, 0.25) is 0 Å². The van der Waals surface area contributed by atoms with Gasteiger partial charge in [0.2, 0.25) is 0 Å². The number of nitrogens with zero attached hydrogens (tertiary/aromatic N) is 4. The molecule has 0 spiro atoms. The Morgan fingerprint density at radius 3 is 2.90 bits per heavy atom. The predicted molar refractivity (Wildman–Crippen MR) is 82.3 cm³/mol. The highest BCUT2D eigenvalue weighted by atomic mass is 32.1. The van der Waals surface area contributed by atoms with Crippen LogP contribution in [0.15, 0.2) is 36.5 Å². The summed E-state index contributed by atoms with van der Waals surface area (Å²) in [6.07, 6.45) is 5.01. The summed E-state index contributed by atoms with van der Waals surface area (Å²) < 4.78 is 0. The zero-order valence-corrected chi connectivity index (χ0v) is 12.3. The second kappa shape index (κ2) is 5.05. The van der Waals surface area contributed by atoms with E-state index in [9.17, 15) is 0 Å². The summed E-state index contributed by atoms with van der Waals surface area (Å²) in [6, 6.07) is 9.95. The van der Waals surface area contributed by atoms with Gasteiger partial charge in [0.05, 0.1) is 17.6 Å². The zero-order valence-electron chi connectivity index (χ0n) is 11.4. The average Bonchev–Trinajstić information content (AvgIpc) is 3.15. The summed E-state index contributed by atoms with van der Waals surface area (Å²) in [5.74, 6) is 0. The Labute approximate surface area is 126 Å². The fourth-order valence-electron chi connectivity index (χ4n) is 2.61. The quantitative estimate of drug-likeness (QED) is 0.789. The molecule has 2 N–H and O–H groups in total. The first-order chi connectivity index (χ1) is 10.3. The number of aryl methyl sites for hydroxylation is 1. The van der Waals surface area contributed by atoms with Crippen molar-refractivity contribution in [1.29, 1.82) is 0 Å². The number of fused-ring (bicyclic) bond motifs is 1. The minimum Gasteiger partial charge on any atom is -0.323 e. The van der Waals surface area contributed by atoms with Gasteiger partial charge in [0, 0.05) is 10.9 Å². The second-order valence-corrected chi connectivity index (χ2v) is 6.26. The fraction of sp³-hybridized carbons (Fsp3) is 0.267. The van der Waals surface area contributed by atoms with Crippen molar-refractivity contribution in [3.05, 3.63) is 47.1 Å². The molecule has 106 valence electrons. The van der Waals surface area contributed by atoms with Crippen LogP contribution in [0.25, 0.3) is 16.4 Å². The highest BCUT2D eigenvalue weighted by Crippen LogP contribution is 2.35. The molecule has 2 aromatic heterocycles. The third-order valence-electron chi connectivity index (χ3n) is 3.70. The molecule has 6 heteroatoms. The van der Waals surface area contributed by atoms with Crippen LogP contribution in [0.3, 0.4) is 0 Å². The molecule has 1 unspecified atom stereocenters. The van der Waals surface area contributed by atoms with Crippen molar-refractivity contribution in [3.8, 4) is 16.4 Å². The van der Waals surface area contributed by atoms with Crippen molar-refractivity contribution >= 4 is 11.3 Å². The molecule has 1 atom stereocenters. The number of hydrogen-bond donors (Lipinski definition) is 1. The minimum atomic E-state index is 0.0721. The van der Waals surface area contributed by atoms with Crippen LogP contribution in [0.5, 0.6) is 0 Å². The molecular formula is C15H15N5S. The largest absolute Gasteiger partial charge is 0.323 e. The highest BCUT2D eigenvalue weighted by Gasteiger charge is 2.23. The van der Waals surface area contributed by atoms with Crippen LogP contribution in [-0.2, 0) is 6.42 Å². The second-order valence-electron chi connectivity index (χ2n) is 5.18. The number of nitrogens with two attached hydrogens (primary N) is 1. The Hall–Kier alpha value is -2.05. The van der Waals surface area contributed by atoms with Gasteiger partial charge in [0.15, 0.2) is 0 Å². The first-order valence-corrected chi connectivity index (χ1v) is 7.86. The Morgan fingerprint density at radius 2 is 2.10 bits per heavy atom. The van der Waals surface area contributed by atoms with Gasteiger partial charge >= 0.3 is 0 Å². The van der Waals surface area contributed by atoms with Crippen LogP contribution >= 0.6 is 11.3 Å². The van der Waals surface area contributed by atoms with Gasteiger partial charge in [-0.05, 0) is 31.4 Å². The summed E-state index contributed by atoms with van der Waals surface area (Å²) in [5.41, 5.74) is 8.95. The van der Waals surface area contributed by atoms with E-state index in [-0.39, 0.29) is 6.04 Å². The molecule has 0 radical (unpaired) electrons. The average molecular weight is 297 g/mol. The van der Waals surface area contributed by atoms with Gasteiger partial charge in [-0.3, -0.25) is 0 Å². The molecule has 1 aliphatic carbocycles. The van der Waals surface area contributed by atoms with Crippen LogP contribution < -0.4 is 5.73 Å². The summed E-state index contributed by atoms with van der Waals surface area (Å²) in [6.45, 7) is 0. The maximum absolute atomic E-state index is 6.14. The van der Waals surface area contributed by atoms with E-state index >= 15 is 0 Å². The minimum absolute atomic E-state index is 0.0721. The number of rotatable bonds is 2. The van der Waals surface area contributed by atoms with E-state index in [4.69, 9.17) is 5.73 Å². The van der Waals surface area contributed by atoms with E-state index in [1.54, 1.807) is 22.3 Å². The number of para-hydroxylation sites is 1. The lowest BCUT2D eigenvalue weighted by molar-refractivity contribution is 0.564. The van der Waals surface area contributed by atoms with Crippen LogP contribution in [0.1, 0.15) is 29.5 Å². The Balaban J connectivity index is 1.70. The molecule has 3 aromatic rings. The van der Waals surface area contributed by atoms with Crippen molar-refractivity contribution in [2.24, 2.45) is 5.73 Å².